The van der Waals surface area contributed by atoms with Crippen molar-refractivity contribution in [3.8, 4) is 28.0 Å². The first-order valence-electron chi connectivity index (χ1n) is 16.0. The van der Waals surface area contributed by atoms with Crippen molar-refractivity contribution >= 4 is 46.4 Å². The van der Waals surface area contributed by atoms with Crippen LogP contribution in [0.15, 0.2) is 85.2 Å². The van der Waals surface area contributed by atoms with Gasteiger partial charge in [0.15, 0.2) is 0 Å². The second kappa shape index (κ2) is 13.2. The lowest BCUT2D eigenvalue weighted by Gasteiger charge is -2.08. The average molecular weight is 592 g/mol. The van der Waals surface area contributed by atoms with Gasteiger partial charge < -0.3 is 14.7 Å². The Morgan fingerprint density at radius 3 is 1.73 bits per heavy atom. The van der Waals surface area contributed by atoms with Gasteiger partial charge in [-0.1, -0.05) is 51.2 Å². The molecule has 4 aromatic heterocycles. The molecule has 0 saturated heterocycles. The van der Waals surface area contributed by atoms with Crippen LogP contribution in [0.5, 0.6) is 5.75 Å². The fraction of sp³-hybridized carbons (Fsp3) is 0.205. The number of nitrogens with one attached hydrogen (secondary N) is 2. The molecule has 8 bridgehead atoms. The summed E-state index contributed by atoms with van der Waals surface area (Å²) in [6.45, 7) is 3.00. The molecule has 0 atom stereocenters. The topological polar surface area (TPSA) is 79.5 Å². The van der Waals surface area contributed by atoms with Gasteiger partial charge >= 0.3 is 0 Å². The number of unbranched alkanes of at least 4 members (excludes halogenated alkanes) is 5. The molecular weight excluding hydrogens is 554 g/mol. The molecule has 45 heavy (non-hydrogen) atoms. The van der Waals surface area contributed by atoms with Gasteiger partial charge in [0.2, 0.25) is 0 Å². The molecule has 0 unspecified atom stereocenters. The Kier molecular flexibility index (Phi) is 8.36. The first-order valence-corrected chi connectivity index (χ1v) is 16.0. The zero-order valence-corrected chi connectivity index (χ0v) is 25.6. The second-order valence-corrected chi connectivity index (χ2v) is 11.6. The van der Waals surface area contributed by atoms with Crippen LogP contribution < -0.4 is 4.74 Å². The number of ether oxygens (including phenoxy) is 1. The van der Waals surface area contributed by atoms with Crippen molar-refractivity contribution < 1.29 is 4.74 Å². The van der Waals surface area contributed by atoms with Crippen LogP contribution in [0.4, 0.5) is 0 Å². The summed E-state index contributed by atoms with van der Waals surface area (Å²) in [5.74, 6) is 0.898. The van der Waals surface area contributed by atoms with Gasteiger partial charge in [-0.3, -0.25) is 4.98 Å². The first kappa shape index (κ1) is 28.5. The van der Waals surface area contributed by atoms with E-state index in [9.17, 15) is 0 Å². The van der Waals surface area contributed by atoms with E-state index in [1.165, 1.54) is 32.1 Å². The molecule has 6 nitrogen and oxygen atoms in total. The van der Waals surface area contributed by atoms with Gasteiger partial charge in [0, 0.05) is 45.6 Å². The number of hydrogen-bond acceptors (Lipinski definition) is 4. The summed E-state index contributed by atoms with van der Waals surface area (Å²) < 4.78 is 6.08. The van der Waals surface area contributed by atoms with Crippen LogP contribution in [0, 0.1) is 0 Å². The van der Waals surface area contributed by atoms with E-state index in [2.05, 4.69) is 107 Å². The Morgan fingerprint density at radius 2 is 1.13 bits per heavy atom. The molecule has 5 aromatic rings. The zero-order chi connectivity index (χ0) is 30.4. The molecule has 0 amide bonds. The van der Waals surface area contributed by atoms with Crippen molar-refractivity contribution in [1.29, 1.82) is 0 Å². The highest BCUT2D eigenvalue weighted by Gasteiger charge is 2.13. The lowest BCUT2D eigenvalue weighted by Crippen LogP contribution is -1.97. The summed E-state index contributed by atoms with van der Waals surface area (Å²) >= 11 is 0. The number of pyridine rings is 1. The maximum Gasteiger partial charge on any atom is 0.119 e. The lowest BCUT2D eigenvalue weighted by molar-refractivity contribution is 0.304. The van der Waals surface area contributed by atoms with Gasteiger partial charge in [0.05, 0.1) is 29.4 Å². The van der Waals surface area contributed by atoms with E-state index in [1.54, 1.807) is 0 Å². The highest BCUT2D eigenvalue weighted by atomic mass is 16.5. The zero-order valence-electron chi connectivity index (χ0n) is 25.6. The van der Waals surface area contributed by atoms with Gasteiger partial charge in [-0.2, -0.15) is 0 Å². The number of H-pyrrole nitrogens is 2. The van der Waals surface area contributed by atoms with Gasteiger partial charge in [-0.15, -0.1) is 0 Å². The largest absolute Gasteiger partial charge is 0.494 e. The Morgan fingerprint density at radius 1 is 0.578 bits per heavy atom. The Balaban J connectivity index is 1.29. The van der Waals surface area contributed by atoms with Crippen LogP contribution in [-0.2, 0) is 0 Å². The van der Waals surface area contributed by atoms with E-state index >= 15 is 0 Å². The average Bonchev–Trinajstić information content (AvgIpc) is 3.89. The summed E-state index contributed by atoms with van der Waals surface area (Å²) in [5, 5.41) is 0. The number of rotatable bonds is 10. The SMILES string of the molecule is CCCCCCCCOc1ccc(-c2c3nc(cc4ccc([nH]4)c(-c4ccncc4)c4nc(cc5ccc2[nH]5)C=C4)C=C3)cc1. The number of benzene rings is 1. The number of hydrogen-bond donors (Lipinski definition) is 2. The van der Waals surface area contributed by atoms with Crippen LogP contribution in [0.1, 0.15) is 68.2 Å². The van der Waals surface area contributed by atoms with Crippen LogP contribution >= 0.6 is 0 Å². The molecule has 2 aliphatic heterocycles. The third-order valence-corrected chi connectivity index (χ3v) is 8.28. The number of aromatic amines is 2. The van der Waals surface area contributed by atoms with Crippen molar-refractivity contribution in [3.63, 3.8) is 0 Å². The molecule has 7 rings (SSSR count). The van der Waals surface area contributed by atoms with Crippen molar-refractivity contribution in [1.82, 2.24) is 24.9 Å². The maximum atomic E-state index is 6.08. The third-order valence-electron chi connectivity index (χ3n) is 8.28. The third kappa shape index (κ3) is 6.50. The van der Waals surface area contributed by atoms with E-state index in [0.29, 0.717) is 0 Å². The van der Waals surface area contributed by atoms with Gasteiger partial charge in [-0.25, -0.2) is 9.97 Å². The fourth-order valence-corrected chi connectivity index (χ4v) is 5.99. The van der Waals surface area contributed by atoms with E-state index in [0.717, 1.165) is 85.9 Å². The van der Waals surface area contributed by atoms with E-state index in [1.807, 2.05) is 24.5 Å². The quantitative estimate of drug-likeness (QED) is 0.155. The van der Waals surface area contributed by atoms with E-state index in [-0.39, 0.29) is 0 Å². The standard InChI is InChI=1S/C39H37N5O/c1-2-3-4-5-6-7-24-45-33-14-8-27(9-15-33)38-34-16-10-29(41-34)25-31-12-18-36(43-31)39(28-20-22-40-23-21-28)37-19-13-32(44-37)26-30-11-17-35(38)42-30/h8-23,25-26,41,44H,2-7,24H2,1H3. The molecule has 6 heterocycles. The van der Waals surface area contributed by atoms with Crippen molar-refractivity contribution in [2.45, 2.75) is 45.4 Å². The maximum absolute atomic E-state index is 6.08. The van der Waals surface area contributed by atoms with Gasteiger partial charge in [-0.05, 0) is 103 Å². The second-order valence-electron chi connectivity index (χ2n) is 11.6. The summed E-state index contributed by atoms with van der Waals surface area (Å²) in [6.07, 6.45) is 19.4. The van der Waals surface area contributed by atoms with Crippen LogP contribution in [0.2, 0.25) is 0 Å². The minimum absolute atomic E-state index is 0.751. The first-order chi connectivity index (χ1) is 22.2. The van der Waals surface area contributed by atoms with Crippen LogP contribution in [-0.4, -0.2) is 31.5 Å². The van der Waals surface area contributed by atoms with Gasteiger partial charge in [0.25, 0.3) is 0 Å². The molecule has 224 valence electrons. The molecule has 0 radical (unpaired) electrons. The van der Waals surface area contributed by atoms with Crippen molar-refractivity contribution in [2.24, 2.45) is 0 Å². The molecule has 6 heteroatoms. The van der Waals surface area contributed by atoms with E-state index < -0.39 is 0 Å². The Bertz CT molecular complexity index is 2020. The minimum atomic E-state index is 0.751. The highest BCUT2D eigenvalue weighted by Crippen LogP contribution is 2.33. The number of fused-ring (bicyclic) bond motifs is 8. The number of nitrogens with zero attached hydrogens (tertiary/aromatic N) is 3. The summed E-state index contributed by atoms with van der Waals surface area (Å²) in [5.41, 5.74) is 11.7. The lowest BCUT2D eigenvalue weighted by atomic mass is 10.0. The normalized spacial score (nSPS) is 12.1. The van der Waals surface area contributed by atoms with Crippen molar-refractivity contribution in [2.75, 3.05) is 6.61 Å². The number of aromatic nitrogens is 5. The molecule has 0 fully saturated rings. The predicted octanol–water partition coefficient (Wildman–Crippen LogP) is 10.1. The fourth-order valence-electron chi connectivity index (χ4n) is 5.99. The molecule has 0 saturated carbocycles. The summed E-state index contributed by atoms with van der Waals surface area (Å²) in [6, 6.07) is 25.0. The van der Waals surface area contributed by atoms with Gasteiger partial charge in [0.1, 0.15) is 5.75 Å². The van der Waals surface area contributed by atoms with Crippen molar-refractivity contribution in [3.05, 3.63) is 108 Å². The summed E-state index contributed by atoms with van der Waals surface area (Å²) in [7, 11) is 0. The predicted molar refractivity (Wildman–Crippen MR) is 186 cm³/mol. The molecular formula is C39H37N5O. The molecule has 0 spiro atoms. The molecule has 1 aromatic carbocycles. The van der Waals surface area contributed by atoms with Crippen LogP contribution in [0.25, 0.3) is 68.6 Å². The Hall–Kier alpha value is -5.23. The smallest absolute Gasteiger partial charge is 0.119 e. The Labute approximate surface area is 263 Å². The molecule has 0 aliphatic carbocycles. The van der Waals surface area contributed by atoms with Crippen LogP contribution in [0.3, 0.4) is 0 Å². The molecule has 2 aliphatic rings. The molecule has 2 N–H and O–H groups in total. The van der Waals surface area contributed by atoms with E-state index in [4.69, 9.17) is 14.7 Å². The minimum Gasteiger partial charge on any atom is -0.494 e. The highest BCUT2D eigenvalue weighted by molar-refractivity contribution is 5.93. The monoisotopic (exact) mass is 591 g/mol. The summed E-state index contributed by atoms with van der Waals surface area (Å²) in [4.78, 5) is 21.5.